The maximum Gasteiger partial charge on any atom is 0.322 e. The summed E-state index contributed by atoms with van der Waals surface area (Å²) in [6.45, 7) is 8.38. The molecule has 9 nitrogen and oxygen atoms in total. The van der Waals surface area contributed by atoms with Crippen LogP contribution in [0.15, 0.2) is 65.6 Å². The number of urea groups is 1. The summed E-state index contributed by atoms with van der Waals surface area (Å²) in [6.07, 6.45) is 0. The molecule has 0 aromatic heterocycles. The number of nitrogens with one attached hydrogen (secondary N) is 2. The molecule has 11 heteroatoms. The SMILES string of the molecule is COCCOCCOc1ccc(NS(=O)(=O)c2ccc3c(c2)CN(C(=O)Nc2ccc(C(C)(C)C)cc2)C3)c(F)c1. The molecule has 41 heavy (non-hydrogen) atoms. The van der Waals surface area contributed by atoms with Gasteiger partial charge in [-0.25, -0.2) is 17.6 Å². The fourth-order valence-electron chi connectivity index (χ4n) is 4.27. The van der Waals surface area contributed by atoms with E-state index in [1.54, 1.807) is 18.1 Å². The number of sulfonamides is 1. The van der Waals surface area contributed by atoms with E-state index < -0.39 is 15.8 Å². The highest BCUT2D eigenvalue weighted by atomic mass is 32.2. The summed E-state index contributed by atoms with van der Waals surface area (Å²) in [4.78, 5) is 14.5. The number of amides is 2. The van der Waals surface area contributed by atoms with Crippen LogP contribution in [0.4, 0.5) is 20.6 Å². The number of halogens is 1. The third-order valence-corrected chi connectivity index (χ3v) is 7.98. The topological polar surface area (TPSA) is 106 Å². The Hall–Kier alpha value is -3.67. The van der Waals surface area contributed by atoms with Gasteiger partial charge in [0.15, 0.2) is 5.82 Å². The second-order valence-corrected chi connectivity index (χ2v) is 12.4. The van der Waals surface area contributed by atoms with Crippen molar-refractivity contribution in [2.75, 3.05) is 43.6 Å². The first kappa shape index (κ1) is 30.3. The molecule has 1 heterocycles. The van der Waals surface area contributed by atoms with Gasteiger partial charge in [-0.2, -0.15) is 0 Å². The van der Waals surface area contributed by atoms with Gasteiger partial charge in [-0.3, -0.25) is 4.72 Å². The molecule has 1 aliphatic rings. The molecule has 0 aliphatic carbocycles. The molecule has 3 aromatic rings. The first-order valence-electron chi connectivity index (χ1n) is 13.3. The van der Waals surface area contributed by atoms with Crippen LogP contribution >= 0.6 is 0 Å². The highest BCUT2D eigenvalue weighted by Crippen LogP contribution is 2.29. The number of hydrogen-bond donors (Lipinski definition) is 2. The fourth-order valence-corrected chi connectivity index (χ4v) is 5.39. The molecule has 2 amide bonds. The Labute approximate surface area is 240 Å². The zero-order chi connectivity index (χ0) is 29.6. The zero-order valence-electron chi connectivity index (χ0n) is 23.7. The number of hydrogen-bond acceptors (Lipinski definition) is 6. The normalized spacial score (nSPS) is 13.1. The third kappa shape index (κ3) is 7.96. The zero-order valence-corrected chi connectivity index (χ0v) is 24.5. The number of anilines is 2. The molecule has 3 aromatic carbocycles. The second-order valence-electron chi connectivity index (χ2n) is 10.7. The first-order valence-corrected chi connectivity index (χ1v) is 14.7. The van der Waals surface area contributed by atoms with Crippen LogP contribution in [0.5, 0.6) is 5.75 Å². The Kier molecular flexibility index (Phi) is 9.52. The Balaban J connectivity index is 1.35. The molecule has 0 atom stereocenters. The molecule has 0 radical (unpaired) electrons. The van der Waals surface area contributed by atoms with E-state index in [2.05, 4.69) is 30.8 Å². The first-order chi connectivity index (χ1) is 19.5. The van der Waals surface area contributed by atoms with Crippen LogP contribution in [0.25, 0.3) is 0 Å². The number of nitrogens with zero attached hydrogens (tertiary/aromatic N) is 1. The average Bonchev–Trinajstić information content (AvgIpc) is 3.36. The molecule has 0 saturated carbocycles. The van der Waals surface area contributed by atoms with Crippen molar-refractivity contribution in [3.8, 4) is 5.75 Å². The minimum absolute atomic E-state index is 0.00945. The maximum absolute atomic E-state index is 14.7. The monoisotopic (exact) mass is 585 g/mol. The molecular weight excluding hydrogens is 549 g/mol. The Morgan fingerprint density at radius 2 is 1.63 bits per heavy atom. The van der Waals surface area contributed by atoms with Crippen molar-refractivity contribution in [1.29, 1.82) is 0 Å². The molecule has 2 N–H and O–H groups in total. The number of methoxy groups -OCH3 is 1. The van der Waals surface area contributed by atoms with Crippen molar-refractivity contribution in [2.45, 2.75) is 44.2 Å². The van der Waals surface area contributed by atoms with Crippen molar-refractivity contribution >= 4 is 27.4 Å². The van der Waals surface area contributed by atoms with Crippen molar-refractivity contribution in [3.63, 3.8) is 0 Å². The molecule has 0 bridgehead atoms. The lowest BCUT2D eigenvalue weighted by Gasteiger charge is -2.20. The van der Waals surface area contributed by atoms with Gasteiger partial charge in [0.2, 0.25) is 0 Å². The van der Waals surface area contributed by atoms with Crippen LogP contribution in [0.3, 0.4) is 0 Å². The van der Waals surface area contributed by atoms with E-state index in [-0.39, 0.29) is 40.9 Å². The van der Waals surface area contributed by atoms with Crippen LogP contribution < -0.4 is 14.8 Å². The minimum Gasteiger partial charge on any atom is -0.491 e. The van der Waals surface area contributed by atoms with E-state index in [4.69, 9.17) is 14.2 Å². The van der Waals surface area contributed by atoms with E-state index in [0.29, 0.717) is 37.6 Å². The number of fused-ring (bicyclic) bond motifs is 1. The third-order valence-electron chi connectivity index (χ3n) is 6.61. The van der Waals surface area contributed by atoms with Gasteiger partial charge in [0, 0.05) is 32.0 Å². The standard InChI is InChI=1S/C30H36FN3O6S/c1-30(2,3)23-6-8-24(9-7-23)32-29(35)34-19-21-5-11-26(17-22(21)20-34)41(36,37)33-28-12-10-25(18-27(28)31)40-16-15-39-14-13-38-4/h5-12,17-18,33H,13-16,19-20H2,1-4H3,(H,32,35). The lowest BCUT2D eigenvalue weighted by molar-refractivity contribution is 0.0544. The molecule has 0 saturated heterocycles. The highest BCUT2D eigenvalue weighted by molar-refractivity contribution is 7.92. The smallest absolute Gasteiger partial charge is 0.322 e. The summed E-state index contributed by atoms with van der Waals surface area (Å²) in [6, 6.07) is 16.0. The summed E-state index contributed by atoms with van der Waals surface area (Å²) in [7, 11) is -2.51. The van der Waals surface area contributed by atoms with Crippen LogP contribution in [0.1, 0.15) is 37.5 Å². The van der Waals surface area contributed by atoms with Crippen molar-refractivity contribution in [2.24, 2.45) is 0 Å². The molecule has 0 unspecified atom stereocenters. The lowest BCUT2D eigenvalue weighted by Crippen LogP contribution is -2.30. The van der Waals surface area contributed by atoms with Gasteiger partial charge in [-0.15, -0.1) is 0 Å². The van der Waals surface area contributed by atoms with Gasteiger partial charge in [-0.1, -0.05) is 39.0 Å². The average molecular weight is 586 g/mol. The summed E-state index contributed by atoms with van der Waals surface area (Å²) >= 11 is 0. The summed E-state index contributed by atoms with van der Waals surface area (Å²) in [5.41, 5.74) is 3.21. The number of benzene rings is 3. The van der Waals surface area contributed by atoms with Crippen molar-refractivity contribution in [1.82, 2.24) is 4.90 Å². The molecule has 220 valence electrons. The highest BCUT2D eigenvalue weighted by Gasteiger charge is 2.26. The van der Waals surface area contributed by atoms with Crippen molar-refractivity contribution < 1.29 is 31.8 Å². The van der Waals surface area contributed by atoms with E-state index in [0.717, 1.165) is 17.2 Å². The molecule has 4 rings (SSSR count). The molecule has 0 spiro atoms. The van der Waals surface area contributed by atoms with E-state index in [1.165, 1.54) is 24.3 Å². The van der Waals surface area contributed by atoms with E-state index >= 15 is 0 Å². The molecule has 0 fully saturated rings. The van der Waals surface area contributed by atoms with Gasteiger partial charge >= 0.3 is 6.03 Å². The second kappa shape index (κ2) is 12.9. The van der Waals surface area contributed by atoms with Gasteiger partial charge < -0.3 is 24.4 Å². The van der Waals surface area contributed by atoms with Gasteiger partial charge in [0.25, 0.3) is 10.0 Å². The van der Waals surface area contributed by atoms with Gasteiger partial charge in [0.1, 0.15) is 12.4 Å². The van der Waals surface area contributed by atoms with Gasteiger partial charge in [-0.05, 0) is 58.5 Å². The number of carbonyl (C=O) groups excluding carboxylic acids is 1. The van der Waals surface area contributed by atoms with Crippen LogP contribution in [-0.4, -0.2) is 52.9 Å². The number of ether oxygens (including phenoxy) is 3. The number of carbonyl (C=O) groups is 1. The fraction of sp³-hybridized carbons (Fsp3) is 0.367. The maximum atomic E-state index is 14.7. The number of rotatable bonds is 11. The largest absolute Gasteiger partial charge is 0.491 e. The van der Waals surface area contributed by atoms with Crippen molar-refractivity contribution in [3.05, 3.63) is 83.2 Å². The van der Waals surface area contributed by atoms with E-state index in [1.807, 2.05) is 24.3 Å². The van der Waals surface area contributed by atoms with Crippen LogP contribution in [0.2, 0.25) is 0 Å². The lowest BCUT2D eigenvalue weighted by atomic mass is 9.87. The molecule has 1 aliphatic heterocycles. The molecular formula is C30H36FN3O6S. The van der Waals surface area contributed by atoms with Crippen LogP contribution in [-0.2, 0) is 38.0 Å². The predicted molar refractivity (Wildman–Crippen MR) is 155 cm³/mol. The Morgan fingerprint density at radius 1 is 0.927 bits per heavy atom. The Morgan fingerprint density at radius 3 is 2.32 bits per heavy atom. The summed E-state index contributed by atoms with van der Waals surface area (Å²) in [5, 5.41) is 2.90. The minimum atomic E-state index is -4.08. The Bertz CT molecular complexity index is 1470. The van der Waals surface area contributed by atoms with E-state index in [9.17, 15) is 17.6 Å². The van der Waals surface area contributed by atoms with Crippen LogP contribution in [0, 0.1) is 5.82 Å². The van der Waals surface area contributed by atoms with Gasteiger partial charge in [0.05, 0.1) is 30.4 Å². The quantitative estimate of drug-likeness (QED) is 0.288. The predicted octanol–water partition coefficient (Wildman–Crippen LogP) is 5.51. The summed E-state index contributed by atoms with van der Waals surface area (Å²) in [5.74, 6) is -0.521. The summed E-state index contributed by atoms with van der Waals surface area (Å²) < 4.78 is 58.7.